The van der Waals surface area contributed by atoms with Crippen LogP contribution in [0.15, 0.2) is 96.0 Å². The number of hydrogen-bond donors (Lipinski definition) is 0. The zero-order valence-corrected chi connectivity index (χ0v) is 17.1. The molecule has 0 N–H and O–H groups in total. The molecule has 0 saturated heterocycles. The molecule has 0 atom stereocenters. The van der Waals surface area contributed by atoms with E-state index in [-0.39, 0.29) is 0 Å². The molecule has 0 radical (unpaired) electrons. The van der Waals surface area contributed by atoms with Crippen LogP contribution in [-0.4, -0.2) is 6.72 Å². The topological polar surface area (TPSA) is 12.4 Å². The molecule has 144 valence electrons. The first-order chi connectivity index (χ1) is 14.2. The van der Waals surface area contributed by atoms with Crippen LogP contribution in [0, 0.1) is 0 Å². The van der Waals surface area contributed by atoms with Crippen LogP contribution < -0.4 is 0 Å². The number of nitrogens with zero attached hydrogens (tertiary/aromatic N) is 1. The predicted octanol–water partition coefficient (Wildman–Crippen LogP) is 7.77. The average Bonchev–Trinajstić information content (AvgIpc) is 2.74. The highest BCUT2D eigenvalue weighted by atomic mass is 14.7. The fourth-order valence-electron chi connectivity index (χ4n) is 4.07. The van der Waals surface area contributed by atoms with Crippen LogP contribution in [0.5, 0.6) is 0 Å². The maximum absolute atomic E-state index is 4.46. The highest BCUT2D eigenvalue weighted by molar-refractivity contribution is 5.90. The van der Waals surface area contributed by atoms with Gasteiger partial charge in [0, 0.05) is 5.56 Å². The highest BCUT2D eigenvalue weighted by Gasteiger charge is 2.23. The Labute approximate surface area is 174 Å². The van der Waals surface area contributed by atoms with Crippen LogP contribution in [-0.2, 0) is 0 Å². The molecule has 0 aliphatic heterocycles. The molecule has 1 heteroatoms. The van der Waals surface area contributed by atoms with Gasteiger partial charge in [0.05, 0.1) is 5.70 Å². The Balaban J connectivity index is 1.73. The van der Waals surface area contributed by atoms with Crippen molar-refractivity contribution in [3.63, 3.8) is 0 Å². The van der Waals surface area contributed by atoms with E-state index in [1.54, 1.807) is 0 Å². The summed E-state index contributed by atoms with van der Waals surface area (Å²) in [7, 11) is 0. The van der Waals surface area contributed by atoms with Gasteiger partial charge >= 0.3 is 0 Å². The van der Waals surface area contributed by atoms with Crippen LogP contribution in [0.25, 0.3) is 22.4 Å². The average molecular weight is 378 g/mol. The van der Waals surface area contributed by atoms with Crippen molar-refractivity contribution in [3.05, 3.63) is 108 Å². The Morgan fingerprint density at radius 2 is 1.55 bits per heavy atom. The second-order valence-corrected chi connectivity index (χ2v) is 7.77. The molecular weight excluding hydrogens is 350 g/mol. The smallest absolute Gasteiger partial charge is 0.0732 e. The van der Waals surface area contributed by atoms with Gasteiger partial charge in [-0.1, -0.05) is 85.8 Å². The van der Waals surface area contributed by atoms with Crippen molar-refractivity contribution in [1.82, 2.24) is 0 Å². The summed E-state index contributed by atoms with van der Waals surface area (Å²) in [5.74, 6) is 0.644. The molecule has 0 bridgehead atoms. The van der Waals surface area contributed by atoms with E-state index in [0.29, 0.717) is 5.92 Å². The van der Waals surface area contributed by atoms with Gasteiger partial charge in [0.15, 0.2) is 0 Å². The van der Waals surface area contributed by atoms with Crippen molar-refractivity contribution in [2.24, 2.45) is 4.99 Å². The fourth-order valence-corrected chi connectivity index (χ4v) is 4.07. The van der Waals surface area contributed by atoms with Crippen LogP contribution in [0.1, 0.15) is 48.8 Å². The normalized spacial score (nSPS) is 14.7. The maximum atomic E-state index is 4.46. The molecular formula is C28H27N. The van der Waals surface area contributed by atoms with Crippen LogP contribution in [0.3, 0.4) is 0 Å². The van der Waals surface area contributed by atoms with Gasteiger partial charge in [-0.25, -0.2) is 0 Å². The van der Waals surface area contributed by atoms with Crippen molar-refractivity contribution in [2.75, 3.05) is 0 Å². The first-order valence-corrected chi connectivity index (χ1v) is 10.3. The lowest BCUT2D eigenvalue weighted by molar-refractivity contribution is 0.419. The number of aliphatic imine (C=N–C) groups is 1. The number of hydrogen-bond acceptors (Lipinski definition) is 1. The Kier molecular flexibility index (Phi) is 5.57. The third-order valence-corrected chi connectivity index (χ3v) is 6.05. The van der Waals surface area contributed by atoms with Crippen LogP contribution >= 0.6 is 0 Å². The fraction of sp³-hybridized carbons (Fsp3) is 0.179. The quantitative estimate of drug-likeness (QED) is 0.307. The summed E-state index contributed by atoms with van der Waals surface area (Å²) in [6.07, 6.45) is 3.85. The zero-order chi connectivity index (χ0) is 20.2. The van der Waals surface area contributed by atoms with E-state index in [2.05, 4.69) is 98.0 Å². The summed E-state index contributed by atoms with van der Waals surface area (Å²) in [5, 5.41) is 0. The molecule has 1 saturated carbocycles. The second kappa shape index (κ2) is 8.45. The Bertz CT molecular complexity index is 1070. The maximum Gasteiger partial charge on any atom is 0.0732 e. The number of allylic oxidation sites excluding steroid dienone is 2. The van der Waals surface area contributed by atoms with Gasteiger partial charge < -0.3 is 0 Å². The summed E-state index contributed by atoms with van der Waals surface area (Å²) in [6.45, 7) is 10.4. The van der Waals surface area contributed by atoms with Crippen molar-refractivity contribution >= 4 is 18.0 Å². The van der Waals surface area contributed by atoms with Gasteiger partial charge in [-0.2, -0.15) is 0 Å². The standard InChI is InChI=1S/C28H27N/c1-20(24-15-10-16-25(19-24)22-11-5-4-6-12-22)21(2)28(29-3)27-18-8-7-17-26(27)23-13-9-14-23/h4-8,10-12,15-19,23H,1,3,9,13-14H2,2H3/b28-21-. The third kappa shape index (κ3) is 3.86. The molecule has 1 nitrogen and oxygen atoms in total. The van der Waals surface area contributed by atoms with E-state index >= 15 is 0 Å². The molecule has 3 aromatic rings. The van der Waals surface area contributed by atoms with Gasteiger partial charge in [-0.15, -0.1) is 0 Å². The van der Waals surface area contributed by atoms with Crippen molar-refractivity contribution in [2.45, 2.75) is 32.1 Å². The predicted molar refractivity (Wildman–Crippen MR) is 126 cm³/mol. The molecule has 0 amide bonds. The summed E-state index contributed by atoms with van der Waals surface area (Å²) in [6, 6.07) is 27.7. The molecule has 1 fully saturated rings. The summed E-state index contributed by atoms with van der Waals surface area (Å²) in [4.78, 5) is 4.46. The minimum absolute atomic E-state index is 0.644. The van der Waals surface area contributed by atoms with Crippen molar-refractivity contribution in [3.8, 4) is 11.1 Å². The lowest BCUT2D eigenvalue weighted by Crippen LogP contribution is -2.11. The second-order valence-electron chi connectivity index (χ2n) is 7.77. The summed E-state index contributed by atoms with van der Waals surface area (Å²) < 4.78 is 0. The molecule has 0 spiro atoms. The van der Waals surface area contributed by atoms with E-state index in [9.17, 15) is 0 Å². The third-order valence-electron chi connectivity index (χ3n) is 6.05. The van der Waals surface area contributed by atoms with Gasteiger partial charge in [0.25, 0.3) is 0 Å². The molecule has 1 aliphatic carbocycles. The lowest BCUT2D eigenvalue weighted by atomic mass is 9.77. The van der Waals surface area contributed by atoms with Gasteiger partial charge in [0.2, 0.25) is 0 Å². The Morgan fingerprint density at radius 1 is 0.862 bits per heavy atom. The van der Waals surface area contributed by atoms with Crippen LogP contribution in [0.2, 0.25) is 0 Å². The molecule has 4 rings (SSSR count). The minimum Gasteiger partial charge on any atom is -0.264 e. The SMILES string of the molecule is C=N/C(=C(/C)C(=C)c1cccc(-c2ccccc2)c1)c1ccccc1C1CCC1. The lowest BCUT2D eigenvalue weighted by Gasteiger charge is -2.28. The molecule has 29 heavy (non-hydrogen) atoms. The minimum atomic E-state index is 0.644. The van der Waals surface area contributed by atoms with E-state index in [1.165, 1.54) is 41.5 Å². The number of rotatable bonds is 6. The van der Waals surface area contributed by atoms with Gasteiger partial charge in [-0.05, 0) is 71.9 Å². The molecule has 1 aliphatic rings. The molecule has 0 unspecified atom stereocenters. The Hall–Kier alpha value is -3.19. The monoisotopic (exact) mass is 377 g/mol. The van der Waals surface area contributed by atoms with Crippen molar-refractivity contribution in [1.29, 1.82) is 0 Å². The largest absolute Gasteiger partial charge is 0.264 e. The summed E-state index contributed by atoms with van der Waals surface area (Å²) >= 11 is 0. The summed E-state index contributed by atoms with van der Waals surface area (Å²) in [5.41, 5.74) is 9.14. The van der Waals surface area contributed by atoms with E-state index in [4.69, 9.17) is 0 Å². The van der Waals surface area contributed by atoms with Crippen molar-refractivity contribution < 1.29 is 0 Å². The number of benzene rings is 3. The first-order valence-electron chi connectivity index (χ1n) is 10.3. The van der Waals surface area contributed by atoms with Gasteiger partial charge in [0.1, 0.15) is 0 Å². The van der Waals surface area contributed by atoms with E-state index < -0.39 is 0 Å². The Morgan fingerprint density at radius 3 is 2.24 bits per heavy atom. The van der Waals surface area contributed by atoms with E-state index in [1.807, 2.05) is 6.07 Å². The first kappa shape index (κ1) is 19.1. The van der Waals surface area contributed by atoms with Crippen LogP contribution in [0.4, 0.5) is 0 Å². The molecule has 0 heterocycles. The van der Waals surface area contributed by atoms with Gasteiger partial charge in [-0.3, -0.25) is 4.99 Å². The van der Waals surface area contributed by atoms with E-state index in [0.717, 1.165) is 22.4 Å². The highest BCUT2D eigenvalue weighted by Crippen LogP contribution is 2.41. The zero-order valence-electron chi connectivity index (χ0n) is 17.1. The molecule has 0 aromatic heterocycles. The molecule has 3 aromatic carbocycles.